The van der Waals surface area contributed by atoms with Gasteiger partial charge in [0.15, 0.2) is 0 Å². The van der Waals surface area contributed by atoms with Gasteiger partial charge in [-0.3, -0.25) is 4.79 Å². The summed E-state index contributed by atoms with van der Waals surface area (Å²) in [5.41, 5.74) is 2.36. The van der Waals surface area contributed by atoms with Crippen LogP contribution in [0.5, 0.6) is 5.75 Å². The van der Waals surface area contributed by atoms with Crippen LogP contribution in [0.1, 0.15) is 55.0 Å². The third kappa shape index (κ3) is 4.90. The van der Waals surface area contributed by atoms with Crippen LogP contribution in [0.3, 0.4) is 0 Å². The number of benzene rings is 3. The van der Waals surface area contributed by atoms with Crippen LogP contribution >= 0.6 is 11.6 Å². The van der Waals surface area contributed by atoms with Crippen LogP contribution in [0.15, 0.2) is 82.7 Å². The molecule has 0 aliphatic heterocycles. The lowest BCUT2D eigenvalue weighted by atomic mass is 9.88. The van der Waals surface area contributed by atoms with Gasteiger partial charge in [-0.2, -0.15) is 9.78 Å². The SMILES string of the molecule is O=c1c2ccccc2nc(C2CCCCC2)n1N=Cc1cccc(OCc2ccccc2Cl)c1. The zero-order chi connectivity index (χ0) is 23.3. The van der Waals surface area contributed by atoms with E-state index < -0.39 is 0 Å². The van der Waals surface area contributed by atoms with Gasteiger partial charge in [-0.15, -0.1) is 0 Å². The van der Waals surface area contributed by atoms with Crippen molar-refractivity contribution in [1.29, 1.82) is 0 Å². The first-order chi connectivity index (χ1) is 16.7. The van der Waals surface area contributed by atoms with E-state index in [4.69, 9.17) is 21.3 Å². The number of para-hydroxylation sites is 1. The molecule has 0 bridgehead atoms. The maximum atomic E-state index is 13.3. The smallest absolute Gasteiger partial charge is 0.282 e. The van der Waals surface area contributed by atoms with Crippen molar-refractivity contribution in [3.63, 3.8) is 0 Å². The first-order valence-electron chi connectivity index (χ1n) is 11.7. The minimum absolute atomic E-state index is 0.131. The summed E-state index contributed by atoms with van der Waals surface area (Å²) in [6.07, 6.45) is 7.31. The van der Waals surface area contributed by atoms with Gasteiger partial charge >= 0.3 is 0 Å². The van der Waals surface area contributed by atoms with Crippen LogP contribution in [0.25, 0.3) is 10.9 Å². The predicted molar refractivity (Wildman–Crippen MR) is 137 cm³/mol. The second-order valence-corrected chi connectivity index (χ2v) is 9.04. The van der Waals surface area contributed by atoms with E-state index in [0.29, 0.717) is 22.8 Å². The normalized spacial score (nSPS) is 14.6. The minimum Gasteiger partial charge on any atom is -0.489 e. The van der Waals surface area contributed by atoms with Gasteiger partial charge in [0.25, 0.3) is 5.56 Å². The van der Waals surface area contributed by atoms with E-state index in [0.717, 1.165) is 48.2 Å². The van der Waals surface area contributed by atoms with Crippen LogP contribution in [0.2, 0.25) is 5.02 Å². The molecule has 1 fully saturated rings. The van der Waals surface area contributed by atoms with Crippen molar-refractivity contribution in [3.8, 4) is 5.75 Å². The van der Waals surface area contributed by atoms with Gasteiger partial charge in [-0.25, -0.2) is 4.98 Å². The average Bonchev–Trinajstić information content (AvgIpc) is 2.88. The molecular formula is C28H26ClN3O2. The van der Waals surface area contributed by atoms with Gasteiger partial charge in [0.1, 0.15) is 18.2 Å². The number of rotatable bonds is 6. The Kier molecular flexibility index (Phi) is 6.72. The number of nitrogens with zero attached hydrogens (tertiary/aromatic N) is 3. The van der Waals surface area contributed by atoms with Gasteiger partial charge < -0.3 is 4.74 Å². The summed E-state index contributed by atoms with van der Waals surface area (Å²) in [5, 5.41) is 5.87. The second kappa shape index (κ2) is 10.2. The molecule has 0 amide bonds. The summed E-state index contributed by atoms with van der Waals surface area (Å²) in [5.74, 6) is 1.71. The number of fused-ring (bicyclic) bond motifs is 1. The number of halogens is 1. The van der Waals surface area contributed by atoms with E-state index in [1.807, 2.05) is 72.8 Å². The molecule has 0 radical (unpaired) electrons. The summed E-state index contributed by atoms with van der Waals surface area (Å²) in [6.45, 7) is 0.375. The lowest BCUT2D eigenvalue weighted by Gasteiger charge is -2.22. The zero-order valence-corrected chi connectivity index (χ0v) is 19.6. The standard InChI is InChI=1S/C28H26ClN3O2/c29-25-15-6-4-12-22(25)19-34-23-13-8-9-20(17-23)18-30-32-27(21-10-2-1-3-11-21)31-26-16-7-5-14-24(26)28(32)33/h4-9,12-18,21H,1-3,10-11,19H2. The van der Waals surface area contributed by atoms with Crippen molar-refractivity contribution in [2.24, 2.45) is 5.10 Å². The van der Waals surface area contributed by atoms with Gasteiger partial charge in [0.2, 0.25) is 0 Å². The Balaban J connectivity index is 1.44. The third-order valence-electron chi connectivity index (χ3n) is 6.28. The number of hydrogen-bond acceptors (Lipinski definition) is 4. The third-order valence-corrected chi connectivity index (χ3v) is 6.65. The van der Waals surface area contributed by atoms with E-state index in [-0.39, 0.29) is 11.5 Å². The van der Waals surface area contributed by atoms with Gasteiger partial charge in [0, 0.05) is 16.5 Å². The van der Waals surface area contributed by atoms with Crippen molar-refractivity contribution in [1.82, 2.24) is 9.66 Å². The van der Waals surface area contributed by atoms with E-state index in [2.05, 4.69) is 5.10 Å². The first kappa shape index (κ1) is 22.4. The van der Waals surface area contributed by atoms with Crippen LogP contribution < -0.4 is 10.3 Å². The van der Waals surface area contributed by atoms with Crippen molar-refractivity contribution < 1.29 is 4.74 Å². The quantitative estimate of drug-likeness (QED) is 0.299. The van der Waals surface area contributed by atoms with E-state index in [1.54, 1.807) is 6.21 Å². The molecule has 5 nitrogen and oxygen atoms in total. The molecule has 0 saturated heterocycles. The fourth-order valence-corrected chi connectivity index (χ4v) is 4.65. The summed E-state index contributed by atoms with van der Waals surface area (Å²) < 4.78 is 7.43. The molecule has 1 saturated carbocycles. The summed E-state index contributed by atoms with van der Waals surface area (Å²) >= 11 is 6.23. The van der Waals surface area contributed by atoms with Crippen molar-refractivity contribution >= 4 is 28.7 Å². The molecule has 0 spiro atoms. The molecule has 0 atom stereocenters. The van der Waals surface area contributed by atoms with Crippen LogP contribution in [-0.2, 0) is 6.61 Å². The topological polar surface area (TPSA) is 56.5 Å². The lowest BCUT2D eigenvalue weighted by Crippen LogP contribution is -2.25. The monoisotopic (exact) mass is 471 g/mol. The van der Waals surface area contributed by atoms with Crippen molar-refractivity contribution in [2.45, 2.75) is 44.6 Å². The first-order valence-corrected chi connectivity index (χ1v) is 12.1. The molecule has 1 aliphatic carbocycles. The zero-order valence-electron chi connectivity index (χ0n) is 18.9. The molecule has 1 aliphatic rings. The highest BCUT2D eigenvalue weighted by molar-refractivity contribution is 6.31. The predicted octanol–water partition coefficient (Wildman–Crippen LogP) is 6.56. The maximum absolute atomic E-state index is 13.3. The Morgan fingerprint density at radius 1 is 1.00 bits per heavy atom. The molecule has 5 rings (SSSR count). The van der Waals surface area contributed by atoms with Gasteiger partial charge in [-0.1, -0.05) is 73.3 Å². The Bertz CT molecular complexity index is 1390. The van der Waals surface area contributed by atoms with E-state index in [9.17, 15) is 4.79 Å². The number of aromatic nitrogens is 2. The van der Waals surface area contributed by atoms with Crippen LogP contribution in [0.4, 0.5) is 0 Å². The molecule has 34 heavy (non-hydrogen) atoms. The molecule has 0 N–H and O–H groups in total. The fraction of sp³-hybridized carbons (Fsp3) is 0.250. The summed E-state index contributed by atoms with van der Waals surface area (Å²) in [6, 6.07) is 22.8. The Morgan fingerprint density at radius 3 is 2.65 bits per heavy atom. The molecule has 172 valence electrons. The molecule has 0 unspecified atom stereocenters. The molecule has 3 aromatic carbocycles. The molecule has 1 heterocycles. The Labute approximate surface area is 203 Å². The summed E-state index contributed by atoms with van der Waals surface area (Å²) in [4.78, 5) is 18.2. The highest BCUT2D eigenvalue weighted by Gasteiger charge is 2.22. The second-order valence-electron chi connectivity index (χ2n) is 8.64. The van der Waals surface area contributed by atoms with E-state index >= 15 is 0 Å². The van der Waals surface area contributed by atoms with Crippen molar-refractivity contribution in [2.75, 3.05) is 0 Å². The van der Waals surface area contributed by atoms with Crippen LogP contribution in [0, 0.1) is 0 Å². The fourth-order valence-electron chi connectivity index (χ4n) is 4.46. The van der Waals surface area contributed by atoms with Crippen LogP contribution in [-0.4, -0.2) is 15.9 Å². The van der Waals surface area contributed by atoms with E-state index in [1.165, 1.54) is 11.1 Å². The highest BCUT2D eigenvalue weighted by atomic mass is 35.5. The molecule has 6 heteroatoms. The van der Waals surface area contributed by atoms with Gasteiger partial charge in [0.05, 0.1) is 17.1 Å². The lowest BCUT2D eigenvalue weighted by molar-refractivity contribution is 0.306. The molecule has 1 aromatic heterocycles. The highest BCUT2D eigenvalue weighted by Crippen LogP contribution is 2.31. The van der Waals surface area contributed by atoms with Crippen molar-refractivity contribution in [3.05, 3.63) is 105 Å². The maximum Gasteiger partial charge on any atom is 0.282 e. The average molecular weight is 472 g/mol. The number of ether oxygens (including phenoxy) is 1. The number of hydrogen-bond donors (Lipinski definition) is 0. The molecular weight excluding hydrogens is 446 g/mol. The largest absolute Gasteiger partial charge is 0.489 e. The Hall–Kier alpha value is -3.44. The Morgan fingerprint density at radius 2 is 1.79 bits per heavy atom. The minimum atomic E-state index is -0.131. The van der Waals surface area contributed by atoms with Gasteiger partial charge in [-0.05, 0) is 48.7 Å². The summed E-state index contributed by atoms with van der Waals surface area (Å²) in [7, 11) is 0. The molecule has 4 aromatic rings.